The topological polar surface area (TPSA) is 63.6 Å². The summed E-state index contributed by atoms with van der Waals surface area (Å²) in [6.45, 7) is 7.69. The number of hydrogen-bond acceptors (Lipinski definition) is 4. The van der Waals surface area contributed by atoms with E-state index in [0.717, 1.165) is 23.3 Å². The van der Waals surface area contributed by atoms with E-state index in [1.807, 2.05) is 17.9 Å². The van der Waals surface area contributed by atoms with Crippen LogP contribution in [-0.4, -0.2) is 36.8 Å². The summed E-state index contributed by atoms with van der Waals surface area (Å²) in [5.41, 5.74) is 1.93. The lowest BCUT2D eigenvalue weighted by molar-refractivity contribution is -0.137. The summed E-state index contributed by atoms with van der Waals surface area (Å²) < 4.78 is 47.1. The number of benzene rings is 2. The Balaban J connectivity index is 1.64. The van der Waals surface area contributed by atoms with Crippen LogP contribution in [0.2, 0.25) is 0 Å². The van der Waals surface area contributed by atoms with Gasteiger partial charge in [-0.15, -0.1) is 0 Å². The van der Waals surface area contributed by atoms with Crippen LogP contribution in [0.4, 0.5) is 24.5 Å². The van der Waals surface area contributed by atoms with Crippen molar-refractivity contribution in [1.29, 1.82) is 0 Å². The molecule has 1 fully saturated rings. The van der Waals surface area contributed by atoms with Crippen LogP contribution in [0.5, 0.6) is 0 Å². The van der Waals surface area contributed by atoms with E-state index in [4.69, 9.17) is 4.74 Å². The standard InChI is InChI=1S/C27H26F3N3O3/c1-4-18-6-7-19(15-22(18)27(28,29)30)25(34)31-20-8-5-17(2)21(16-20)23-9-10-24(26(35)32(23)3)33-11-13-36-14-12-33/h4-10,15-16H,1,11-14H2,2-3H3,(H,31,34). The minimum Gasteiger partial charge on any atom is -0.378 e. The minimum atomic E-state index is -4.62. The van der Waals surface area contributed by atoms with Gasteiger partial charge in [0.2, 0.25) is 0 Å². The van der Waals surface area contributed by atoms with Crippen LogP contribution < -0.4 is 15.8 Å². The highest BCUT2D eigenvalue weighted by atomic mass is 19.4. The van der Waals surface area contributed by atoms with Crippen LogP contribution in [-0.2, 0) is 18.0 Å². The van der Waals surface area contributed by atoms with Crippen molar-refractivity contribution in [2.75, 3.05) is 36.5 Å². The number of rotatable bonds is 5. The molecule has 2 aromatic carbocycles. The molecule has 36 heavy (non-hydrogen) atoms. The number of aryl methyl sites for hydroxylation is 1. The van der Waals surface area contributed by atoms with Gasteiger partial charge in [0.05, 0.1) is 24.5 Å². The molecular weight excluding hydrogens is 471 g/mol. The first-order valence-electron chi connectivity index (χ1n) is 11.4. The summed E-state index contributed by atoms with van der Waals surface area (Å²) in [4.78, 5) is 27.9. The van der Waals surface area contributed by atoms with Gasteiger partial charge in [-0.2, -0.15) is 13.2 Å². The fraction of sp³-hybridized carbons (Fsp3) is 0.259. The zero-order valence-electron chi connectivity index (χ0n) is 20.0. The molecule has 1 aliphatic heterocycles. The Kier molecular flexibility index (Phi) is 7.03. The SMILES string of the molecule is C=Cc1ccc(C(=O)Nc2ccc(C)c(-c3ccc(N4CCOCC4)c(=O)n3C)c2)cc1C(F)(F)F. The summed E-state index contributed by atoms with van der Waals surface area (Å²) in [6, 6.07) is 12.2. The van der Waals surface area contributed by atoms with Gasteiger partial charge in [0.1, 0.15) is 5.69 Å². The monoisotopic (exact) mass is 497 g/mol. The van der Waals surface area contributed by atoms with E-state index < -0.39 is 17.6 Å². The average molecular weight is 498 g/mol. The molecule has 0 saturated carbocycles. The van der Waals surface area contributed by atoms with Crippen LogP contribution in [0.3, 0.4) is 0 Å². The van der Waals surface area contributed by atoms with E-state index in [-0.39, 0.29) is 16.7 Å². The first-order valence-corrected chi connectivity index (χ1v) is 11.4. The predicted molar refractivity (Wildman–Crippen MR) is 134 cm³/mol. The number of aromatic nitrogens is 1. The van der Waals surface area contributed by atoms with E-state index in [1.54, 1.807) is 35.9 Å². The lowest BCUT2D eigenvalue weighted by Gasteiger charge is -2.28. The lowest BCUT2D eigenvalue weighted by Crippen LogP contribution is -2.40. The number of ether oxygens (including phenoxy) is 1. The molecular formula is C27H26F3N3O3. The maximum Gasteiger partial charge on any atom is 0.417 e. The van der Waals surface area contributed by atoms with E-state index in [1.165, 1.54) is 12.1 Å². The van der Waals surface area contributed by atoms with Crippen LogP contribution in [0.25, 0.3) is 17.3 Å². The molecule has 1 amide bonds. The van der Waals surface area contributed by atoms with Gasteiger partial charge in [-0.3, -0.25) is 9.59 Å². The van der Waals surface area contributed by atoms with Gasteiger partial charge in [-0.25, -0.2) is 0 Å². The Morgan fingerprint density at radius 2 is 1.81 bits per heavy atom. The van der Waals surface area contributed by atoms with Crippen LogP contribution in [0.15, 0.2) is 59.9 Å². The van der Waals surface area contributed by atoms with Crippen molar-refractivity contribution in [3.05, 3.63) is 87.7 Å². The van der Waals surface area contributed by atoms with Gasteiger partial charge in [0.15, 0.2) is 0 Å². The smallest absolute Gasteiger partial charge is 0.378 e. The molecule has 2 heterocycles. The number of nitrogens with zero attached hydrogens (tertiary/aromatic N) is 2. The number of hydrogen-bond donors (Lipinski definition) is 1. The van der Waals surface area contributed by atoms with Gasteiger partial charge in [-0.1, -0.05) is 24.8 Å². The maximum absolute atomic E-state index is 13.4. The van der Waals surface area contributed by atoms with E-state index >= 15 is 0 Å². The number of carbonyl (C=O) groups excluding carboxylic acids is 1. The van der Waals surface area contributed by atoms with Crippen LogP contribution in [0, 0.1) is 6.92 Å². The quantitative estimate of drug-likeness (QED) is 0.532. The van der Waals surface area contributed by atoms with Crippen molar-refractivity contribution >= 4 is 23.4 Å². The number of nitrogens with one attached hydrogen (secondary N) is 1. The number of morpholine rings is 1. The molecule has 9 heteroatoms. The molecule has 0 aliphatic carbocycles. The van der Waals surface area contributed by atoms with Crippen molar-refractivity contribution in [1.82, 2.24) is 4.57 Å². The molecule has 188 valence electrons. The largest absolute Gasteiger partial charge is 0.417 e. The molecule has 0 bridgehead atoms. The number of alkyl halides is 3. The Morgan fingerprint density at radius 1 is 1.08 bits per heavy atom. The number of halogens is 3. The number of pyridine rings is 1. The van der Waals surface area contributed by atoms with Gasteiger partial charge in [0.25, 0.3) is 11.5 Å². The van der Waals surface area contributed by atoms with Gasteiger partial charge in [0, 0.05) is 37.0 Å². The van der Waals surface area contributed by atoms with Crippen molar-refractivity contribution in [3.8, 4) is 11.3 Å². The third-order valence-electron chi connectivity index (χ3n) is 6.25. The lowest BCUT2D eigenvalue weighted by atomic mass is 10.0. The molecule has 1 aromatic heterocycles. The zero-order chi connectivity index (χ0) is 26.0. The van der Waals surface area contributed by atoms with Crippen molar-refractivity contribution in [2.24, 2.45) is 7.05 Å². The normalized spacial score (nSPS) is 14.0. The van der Waals surface area contributed by atoms with Crippen molar-refractivity contribution in [3.63, 3.8) is 0 Å². The van der Waals surface area contributed by atoms with Gasteiger partial charge in [-0.05, 0) is 54.4 Å². The highest BCUT2D eigenvalue weighted by Crippen LogP contribution is 2.33. The molecule has 1 N–H and O–H groups in total. The molecule has 0 atom stereocenters. The second-order valence-electron chi connectivity index (χ2n) is 8.56. The molecule has 1 saturated heterocycles. The highest BCUT2D eigenvalue weighted by molar-refractivity contribution is 6.04. The van der Waals surface area contributed by atoms with E-state index in [9.17, 15) is 22.8 Å². The summed E-state index contributed by atoms with van der Waals surface area (Å²) >= 11 is 0. The van der Waals surface area contributed by atoms with E-state index in [2.05, 4.69) is 11.9 Å². The van der Waals surface area contributed by atoms with Crippen molar-refractivity contribution in [2.45, 2.75) is 13.1 Å². The number of amides is 1. The fourth-order valence-corrected chi connectivity index (χ4v) is 4.24. The minimum absolute atomic E-state index is 0.0990. The van der Waals surface area contributed by atoms with E-state index in [0.29, 0.717) is 43.4 Å². The molecule has 0 spiro atoms. The van der Waals surface area contributed by atoms with Crippen LogP contribution in [0.1, 0.15) is 27.0 Å². The van der Waals surface area contributed by atoms with Crippen molar-refractivity contribution < 1.29 is 22.7 Å². The Hall–Kier alpha value is -3.85. The Labute approximate surface area is 206 Å². The Bertz CT molecular complexity index is 1370. The zero-order valence-corrected chi connectivity index (χ0v) is 20.0. The summed E-state index contributed by atoms with van der Waals surface area (Å²) in [5.74, 6) is -0.678. The van der Waals surface area contributed by atoms with Crippen LogP contribution >= 0.6 is 0 Å². The number of carbonyl (C=O) groups is 1. The second kappa shape index (κ2) is 10.0. The first kappa shape index (κ1) is 25.2. The molecule has 0 radical (unpaired) electrons. The Morgan fingerprint density at radius 3 is 2.47 bits per heavy atom. The summed E-state index contributed by atoms with van der Waals surface area (Å²) in [5, 5.41) is 2.67. The summed E-state index contributed by atoms with van der Waals surface area (Å²) in [6.07, 6.45) is -3.51. The van der Waals surface area contributed by atoms with Gasteiger partial charge < -0.3 is 19.5 Å². The third kappa shape index (κ3) is 5.06. The molecule has 4 rings (SSSR count). The third-order valence-corrected chi connectivity index (χ3v) is 6.25. The van der Waals surface area contributed by atoms with Gasteiger partial charge >= 0.3 is 6.18 Å². The number of anilines is 2. The molecule has 3 aromatic rings. The fourth-order valence-electron chi connectivity index (χ4n) is 4.24. The summed E-state index contributed by atoms with van der Waals surface area (Å²) in [7, 11) is 1.69. The molecule has 1 aliphatic rings. The maximum atomic E-state index is 13.4. The average Bonchev–Trinajstić information content (AvgIpc) is 2.86. The molecule has 0 unspecified atom stereocenters. The highest BCUT2D eigenvalue weighted by Gasteiger charge is 2.33. The molecule has 6 nitrogen and oxygen atoms in total. The first-order chi connectivity index (χ1) is 17.1. The predicted octanol–water partition coefficient (Wildman–Crippen LogP) is 5.11. The second-order valence-corrected chi connectivity index (χ2v) is 8.56.